The fraction of sp³-hybridized carbons (Fsp3) is 0.429. The Morgan fingerprint density at radius 2 is 1.20 bits per heavy atom. The summed E-state index contributed by atoms with van der Waals surface area (Å²) < 4.78 is 15.9. The Morgan fingerprint density at radius 1 is 0.720 bits per heavy atom. The van der Waals surface area contributed by atoms with E-state index in [2.05, 4.69) is 19.9 Å². The second kappa shape index (κ2) is 8.65. The molecule has 2 aromatic carbocycles. The molecule has 0 spiro atoms. The maximum Gasteiger partial charge on any atom is 0.160 e. The van der Waals surface area contributed by atoms with Crippen molar-refractivity contribution in [2.75, 3.05) is 21.3 Å². The minimum absolute atomic E-state index is 0.178. The monoisotopic (exact) mass is 344 g/mol. The van der Waals surface area contributed by atoms with Crippen LogP contribution in [0.1, 0.15) is 25.0 Å². The van der Waals surface area contributed by atoms with Crippen molar-refractivity contribution in [1.29, 1.82) is 0 Å². The molecule has 2 rings (SSSR count). The zero-order valence-corrected chi connectivity index (χ0v) is 15.7. The largest absolute Gasteiger partial charge is 0.504 e. The molecule has 2 atom stereocenters. The molecule has 0 amide bonds. The maximum absolute atomic E-state index is 9.72. The van der Waals surface area contributed by atoms with Crippen molar-refractivity contribution in [1.82, 2.24) is 0 Å². The molecular weight excluding hydrogens is 316 g/mol. The molecule has 0 fully saturated rings. The van der Waals surface area contributed by atoms with Gasteiger partial charge in [0.2, 0.25) is 0 Å². The van der Waals surface area contributed by atoms with E-state index in [0.717, 1.165) is 24.3 Å². The molecule has 0 aliphatic carbocycles. The van der Waals surface area contributed by atoms with E-state index in [1.54, 1.807) is 27.4 Å². The number of phenolic OH excluding ortho intramolecular Hbond substituents is 1. The molecule has 0 aliphatic rings. The van der Waals surface area contributed by atoms with E-state index in [0.29, 0.717) is 17.6 Å². The molecule has 1 N–H and O–H groups in total. The molecule has 136 valence electrons. The molecule has 0 radical (unpaired) electrons. The first-order valence-corrected chi connectivity index (χ1v) is 8.55. The molecule has 0 aromatic heterocycles. The number of ether oxygens (including phenoxy) is 3. The Labute approximate surface area is 150 Å². The van der Waals surface area contributed by atoms with Crippen LogP contribution in [0, 0.1) is 11.8 Å². The van der Waals surface area contributed by atoms with Gasteiger partial charge in [0.25, 0.3) is 0 Å². The minimum atomic E-state index is 0.178. The van der Waals surface area contributed by atoms with E-state index >= 15 is 0 Å². The van der Waals surface area contributed by atoms with Gasteiger partial charge in [-0.3, -0.25) is 0 Å². The van der Waals surface area contributed by atoms with Crippen LogP contribution in [0.4, 0.5) is 0 Å². The molecule has 2 aromatic rings. The van der Waals surface area contributed by atoms with Crippen LogP contribution >= 0.6 is 0 Å². The average Bonchev–Trinajstić information content (AvgIpc) is 2.62. The number of hydrogen-bond donors (Lipinski definition) is 1. The van der Waals surface area contributed by atoms with Gasteiger partial charge in [-0.25, -0.2) is 0 Å². The normalized spacial score (nSPS) is 13.2. The van der Waals surface area contributed by atoms with Crippen LogP contribution in [-0.2, 0) is 12.8 Å². The highest BCUT2D eigenvalue weighted by Gasteiger charge is 2.16. The summed E-state index contributed by atoms with van der Waals surface area (Å²) in [5, 5.41) is 9.72. The lowest BCUT2D eigenvalue weighted by Gasteiger charge is -2.21. The predicted molar refractivity (Wildman–Crippen MR) is 99.9 cm³/mol. The van der Waals surface area contributed by atoms with Crippen molar-refractivity contribution in [2.45, 2.75) is 26.7 Å². The van der Waals surface area contributed by atoms with Crippen molar-refractivity contribution in [3.05, 3.63) is 47.5 Å². The summed E-state index contributed by atoms with van der Waals surface area (Å²) >= 11 is 0. The lowest BCUT2D eigenvalue weighted by molar-refractivity contribution is 0.352. The summed E-state index contributed by atoms with van der Waals surface area (Å²) in [5.74, 6) is 3.21. The summed E-state index contributed by atoms with van der Waals surface area (Å²) in [6.45, 7) is 4.52. The van der Waals surface area contributed by atoms with Crippen LogP contribution in [0.15, 0.2) is 36.4 Å². The summed E-state index contributed by atoms with van der Waals surface area (Å²) in [6.07, 6.45) is 1.90. The van der Waals surface area contributed by atoms with Crippen LogP contribution in [0.25, 0.3) is 0 Å². The topological polar surface area (TPSA) is 47.9 Å². The Balaban J connectivity index is 2.04. The molecule has 0 saturated carbocycles. The Morgan fingerprint density at radius 3 is 1.72 bits per heavy atom. The van der Waals surface area contributed by atoms with Crippen LogP contribution < -0.4 is 14.2 Å². The molecule has 4 heteroatoms. The Bertz CT molecular complexity index is 696. The zero-order valence-electron chi connectivity index (χ0n) is 15.7. The maximum atomic E-state index is 9.72. The summed E-state index contributed by atoms with van der Waals surface area (Å²) in [6, 6.07) is 11.7. The first kappa shape index (κ1) is 19.0. The summed E-state index contributed by atoms with van der Waals surface area (Å²) in [4.78, 5) is 0. The second-order valence-corrected chi connectivity index (χ2v) is 6.56. The third-order valence-corrected chi connectivity index (χ3v) is 4.78. The second-order valence-electron chi connectivity index (χ2n) is 6.56. The molecule has 25 heavy (non-hydrogen) atoms. The van der Waals surface area contributed by atoms with Gasteiger partial charge in [-0.1, -0.05) is 26.0 Å². The number of methoxy groups -OCH3 is 3. The van der Waals surface area contributed by atoms with Gasteiger partial charge in [-0.05, 0) is 60.1 Å². The van der Waals surface area contributed by atoms with Crippen molar-refractivity contribution >= 4 is 0 Å². The van der Waals surface area contributed by atoms with E-state index in [9.17, 15) is 5.11 Å². The first-order chi connectivity index (χ1) is 12.0. The fourth-order valence-electron chi connectivity index (χ4n) is 3.00. The lowest BCUT2D eigenvalue weighted by atomic mass is 9.85. The number of hydrogen-bond acceptors (Lipinski definition) is 4. The first-order valence-electron chi connectivity index (χ1n) is 8.55. The van der Waals surface area contributed by atoms with Gasteiger partial charge in [-0.2, -0.15) is 0 Å². The number of benzene rings is 2. The molecule has 0 aliphatic heterocycles. The fourth-order valence-corrected chi connectivity index (χ4v) is 3.00. The highest BCUT2D eigenvalue weighted by atomic mass is 16.5. The third kappa shape index (κ3) is 4.81. The summed E-state index contributed by atoms with van der Waals surface area (Å²) in [5.41, 5.74) is 2.40. The van der Waals surface area contributed by atoms with Crippen LogP contribution in [-0.4, -0.2) is 26.4 Å². The molecule has 4 nitrogen and oxygen atoms in total. The highest BCUT2D eigenvalue weighted by molar-refractivity contribution is 5.43. The van der Waals surface area contributed by atoms with Crippen LogP contribution in [0.2, 0.25) is 0 Å². The van der Waals surface area contributed by atoms with E-state index in [-0.39, 0.29) is 5.75 Å². The highest BCUT2D eigenvalue weighted by Crippen LogP contribution is 2.31. The van der Waals surface area contributed by atoms with E-state index in [1.165, 1.54) is 11.1 Å². The van der Waals surface area contributed by atoms with Gasteiger partial charge in [0.15, 0.2) is 23.0 Å². The van der Waals surface area contributed by atoms with E-state index in [4.69, 9.17) is 14.2 Å². The van der Waals surface area contributed by atoms with Gasteiger partial charge in [0, 0.05) is 0 Å². The van der Waals surface area contributed by atoms with Crippen molar-refractivity contribution < 1.29 is 19.3 Å². The van der Waals surface area contributed by atoms with Crippen molar-refractivity contribution in [2.24, 2.45) is 11.8 Å². The SMILES string of the molecule is COc1cc(C[C@H](C)[C@@H](C)Cc2ccc(OC)c(OC)c2)ccc1O. The van der Waals surface area contributed by atoms with E-state index < -0.39 is 0 Å². The van der Waals surface area contributed by atoms with Crippen LogP contribution in [0.3, 0.4) is 0 Å². The Kier molecular flexibility index (Phi) is 6.57. The molecular formula is C21H28O4. The number of aromatic hydroxyl groups is 1. The van der Waals surface area contributed by atoms with Gasteiger partial charge >= 0.3 is 0 Å². The van der Waals surface area contributed by atoms with E-state index in [1.807, 2.05) is 24.3 Å². The van der Waals surface area contributed by atoms with Gasteiger partial charge in [0.1, 0.15) is 0 Å². The van der Waals surface area contributed by atoms with Gasteiger partial charge in [-0.15, -0.1) is 0 Å². The van der Waals surface area contributed by atoms with Crippen molar-refractivity contribution in [3.63, 3.8) is 0 Å². The summed E-state index contributed by atoms with van der Waals surface area (Å²) in [7, 11) is 4.88. The predicted octanol–water partition coefficient (Wildman–Crippen LogP) is 4.48. The molecule has 0 heterocycles. The molecule has 0 saturated heterocycles. The third-order valence-electron chi connectivity index (χ3n) is 4.78. The number of rotatable bonds is 8. The molecule has 0 unspecified atom stereocenters. The Hall–Kier alpha value is -2.36. The average molecular weight is 344 g/mol. The zero-order chi connectivity index (χ0) is 18.4. The van der Waals surface area contributed by atoms with Gasteiger partial charge in [0.05, 0.1) is 21.3 Å². The lowest BCUT2D eigenvalue weighted by Crippen LogP contribution is -2.14. The smallest absolute Gasteiger partial charge is 0.160 e. The number of phenols is 1. The minimum Gasteiger partial charge on any atom is -0.504 e. The standard InChI is InChI=1S/C21H28O4/c1-14(10-16-6-8-18(22)20(12-16)24-4)15(2)11-17-7-9-19(23-3)21(13-17)25-5/h6-9,12-15,22H,10-11H2,1-5H3/t14-,15-/m0/s1. The van der Waals surface area contributed by atoms with Gasteiger partial charge < -0.3 is 19.3 Å². The van der Waals surface area contributed by atoms with Crippen molar-refractivity contribution in [3.8, 4) is 23.0 Å². The molecule has 0 bridgehead atoms. The van der Waals surface area contributed by atoms with Crippen LogP contribution in [0.5, 0.6) is 23.0 Å². The quantitative estimate of drug-likeness (QED) is 0.767.